The van der Waals surface area contributed by atoms with Crippen molar-refractivity contribution in [1.82, 2.24) is 9.80 Å². The van der Waals surface area contributed by atoms with E-state index >= 15 is 0 Å². The summed E-state index contributed by atoms with van der Waals surface area (Å²) in [4.78, 5) is 28.8. The van der Waals surface area contributed by atoms with Crippen LogP contribution in [0.25, 0.3) is 5.57 Å². The molecule has 28 heavy (non-hydrogen) atoms. The highest BCUT2D eigenvalue weighted by Crippen LogP contribution is 2.32. The summed E-state index contributed by atoms with van der Waals surface area (Å²) in [7, 11) is 3.29. The van der Waals surface area contributed by atoms with Crippen molar-refractivity contribution in [2.24, 2.45) is 5.92 Å². The number of aliphatic hydroxyl groups excluding tert-OH is 1. The van der Waals surface area contributed by atoms with Crippen molar-refractivity contribution in [3.8, 4) is 5.75 Å². The predicted octanol–water partition coefficient (Wildman–Crippen LogP) is 1.76. The number of methoxy groups -OCH3 is 1. The number of carbonyl (C=O) groups is 2. The summed E-state index contributed by atoms with van der Waals surface area (Å²) in [6.07, 6.45) is 0.570. The first-order valence-corrected chi connectivity index (χ1v) is 9.55. The second kappa shape index (κ2) is 10.2. The molecule has 2 amide bonds. The van der Waals surface area contributed by atoms with Gasteiger partial charge in [-0.3, -0.25) is 14.5 Å². The van der Waals surface area contributed by atoms with Crippen molar-refractivity contribution in [2.45, 2.75) is 20.3 Å². The molecule has 0 bridgehead atoms. The van der Waals surface area contributed by atoms with E-state index in [1.54, 1.807) is 43.3 Å². The molecule has 154 valence electrons. The van der Waals surface area contributed by atoms with Gasteiger partial charge in [0.15, 0.2) is 0 Å². The molecule has 1 aromatic carbocycles. The standard InChI is InChI=1S/C21H30N2O5/c1-15(2)14-28-17-8-6-16(7-9-17)18-19(22(3)11-12-24)21(26)23(20(18)25)10-5-13-27-4/h6-9,15,24H,5,10-14H2,1-4H3. The van der Waals surface area contributed by atoms with Crippen LogP contribution in [0.5, 0.6) is 5.75 Å². The van der Waals surface area contributed by atoms with Crippen molar-refractivity contribution in [3.63, 3.8) is 0 Å². The third-order valence-corrected chi connectivity index (χ3v) is 4.42. The molecule has 0 fully saturated rings. The molecule has 1 aliphatic rings. The van der Waals surface area contributed by atoms with Gasteiger partial charge in [0.2, 0.25) is 0 Å². The number of imide groups is 1. The van der Waals surface area contributed by atoms with Gasteiger partial charge < -0.3 is 19.5 Å². The maximum absolute atomic E-state index is 13.0. The summed E-state index contributed by atoms with van der Waals surface area (Å²) in [6.45, 7) is 5.67. The molecule has 7 nitrogen and oxygen atoms in total. The molecule has 0 radical (unpaired) electrons. The first kappa shape index (κ1) is 21.9. The molecule has 0 aliphatic carbocycles. The van der Waals surface area contributed by atoms with Crippen LogP contribution in [0.2, 0.25) is 0 Å². The minimum absolute atomic E-state index is 0.111. The molecular formula is C21H30N2O5. The number of aliphatic hydroxyl groups is 1. The Labute approximate surface area is 166 Å². The van der Waals surface area contributed by atoms with Crippen molar-refractivity contribution < 1.29 is 24.2 Å². The van der Waals surface area contributed by atoms with Gasteiger partial charge in [0.1, 0.15) is 11.4 Å². The van der Waals surface area contributed by atoms with Gasteiger partial charge in [0, 0.05) is 33.9 Å². The Bertz CT molecular complexity index is 712. The van der Waals surface area contributed by atoms with Gasteiger partial charge >= 0.3 is 0 Å². The van der Waals surface area contributed by atoms with Crippen LogP contribution in [0.4, 0.5) is 0 Å². The lowest BCUT2D eigenvalue weighted by Gasteiger charge is -2.20. The van der Waals surface area contributed by atoms with Crippen LogP contribution in [0.3, 0.4) is 0 Å². The first-order valence-electron chi connectivity index (χ1n) is 9.55. The van der Waals surface area contributed by atoms with Crippen LogP contribution in [0.15, 0.2) is 30.0 Å². The first-order chi connectivity index (χ1) is 13.4. The van der Waals surface area contributed by atoms with Crippen LogP contribution in [0, 0.1) is 5.92 Å². The number of hydrogen-bond donors (Lipinski definition) is 1. The highest BCUT2D eigenvalue weighted by Gasteiger charge is 2.40. The molecular weight excluding hydrogens is 360 g/mol. The molecule has 0 saturated heterocycles. The lowest BCUT2D eigenvalue weighted by molar-refractivity contribution is -0.137. The molecule has 0 spiro atoms. The second-order valence-corrected chi connectivity index (χ2v) is 7.21. The Kier molecular flexibility index (Phi) is 8.02. The van der Waals surface area contributed by atoms with Crippen molar-refractivity contribution in [2.75, 3.05) is 47.1 Å². The van der Waals surface area contributed by atoms with Gasteiger partial charge in [0.05, 0.1) is 18.8 Å². The van der Waals surface area contributed by atoms with E-state index in [4.69, 9.17) is 9.47 Å². The Morgan fingerprint density at radius 2 is 1.82 bits per heavy atom. The molecule has 0 aromatic heterocycles. The van der Waals surface area contributed by atoms with E-state index in [0.717, 1.165) is 5.75 Å². The van der Waals surface area contributed by atoms with Gasteiger partial charge in [-0.1, -0.05) is 26.0 Å². The largest absolute Gasteiger partial charge is 0.493 e. The van der Waals surface area contributed by atoms with E-state index in [0.29, 0.717) is 48.9 Å². The van der Waals surface area contributed by atoms with Gasteiger partial charge in [0.25, 0.3) is 11.8 Å². The maximum atomic E-state index is 13.0. The van der Waals surface area contributed by atoms with Crippen LogP contribution < -0.4 is 4.74 Å². The summed E-state index contributed by atoms with van der Waals surface area (Å²) < 4.78 is 10.7. The van der Waals surface area contributed by atoms with Gasteiger partial charge in [-0.05, 0) is 30.0 Å². The summed E-state index contributed by atoms with van der Waals surface area (Å²) >= 11 is 0. The number of benzene rings is 1. The van der Waals surface area contributed by atoms with E-state index in [1.165, 1.54) is 4.90 Å². The maximum Gasteiger partial charge on any atom is 0.277 e. The number of ether oxygens (including phenoxy) is 2. The van der Waals surface area contributed by atoms with E-state index < -0.39 is 0 Å². The van der Waals surface area contributed by atoms with Gasteiger partial charge in [-0.25, -0.2) is 0 Å². The third kappa shape index (κ3) is 5.11. The third-order valence-electron chi connectivity index (χ3n) is 4.42. The van der Waals surface area contributed by atoms with E-state index in [2.05, 4.69) is 13.8 Å². The van der Waals surface area contributed by atoms with Crippen LogP contribution in [-0.2, 0) is 14.3 Å². The molecule has 1 aromatic rings. The second-order valence-electron chi connectivity index (χ2n) is 7.21. The molecule has 0 unspecified atom stereocenters. The van der Waals surface area contributed by atoms with Crippen LogP contribution in [-0.4, -0.2) is 73.8 Å². The Morgan fingerprint density at radius 1 is 1.14 bits per heavy atom. The topological polar surface area (TPSA) is 79.3 Å². The minimum atomic E-state index is -0.341. The fourth-order valence-electron chi connectivity index (χ4n) is 2.99. The van der Waals surface area contributed by atoms with E-state index in [1.807, 2.05) is 0 Å². The summed E-state index contributed by atoms with van der Waals surface area (Å²) in [5.41, 5.74) is 1.32. The molecule has 1 aliphatic heterocycles. The van der Waals surface area contributed by atoms with Gasteiger partial charge in [-0.2, -0.15) is 0 Å². The van der Waals surface area contributed by atoms with Crippen molar-refractivity contribution in [3.05, 3.63) is 35.5 Å². The number of nitrogens with zero attached hydrogens (tertiary/aromatic N) is 2. The highest BCUT2D eigenvalue weighted by molar-refractivity contribution is 6.35. The zero-order valence-corrected chi connectivity index (χ0v) is 17.1. The monoisotopic (exact) mass is 390 g/mol. The lowest BCUT2D eigenvalue weighted by Crippen LogP contribution is -2.35. The quantitative estimate of drug-likeness (QED) is 0.458. The number of hydrogen-bond acceptors (Lipinski definition) is 6. The molecule has 7 heteroatoms. The molecule has 0 saturated carbocycles. The van der Waals surface area contributed by atoms with E-state index in [-0.39, 0.29) is 25.0 Å². The smallest absolute Gasteiger partial charge is 0.277 e. The Morgan fingerprint density at radius 3 is 2.39 bits per heavy atom. The summed E-state index contributed by atoms with van der Waals surface area (Å²) in [5.74, 6) is 0.469. The number of amides is 2. The lowest BCUT2D eigenvalue weighted by atomic mass is 10.0. The molecule has 1 N–H and O–H groups in total. The fraction of sp³-hybridized carbons (Fsp3) is 0.524. The van der Waals surface area contributed by atoms with Crippen molar-refractivity contribution >= 4 is 17.4 Å². The highest BCUT2D eigenvalue weighted by atomic mass is 16.5. The summed E-state index contributed by atoms with van der Waals surface area (Å²) in [6, 6.07) is 7.20. The summed E-state index contributed by atoms with van der Waals surface area (Å²) in [5, 5.41) is 9.28. The molecule has 2 rings (SSSR count). The zero-order chi connectivity index (χ0) is 20.7. The number of likely N-dealkylation sites (N-methyl/N-ethyl adjacent to an activating group) is 1. The number of carbonyl (C=O) groups excluding carboxylic acids is 2. The SMILES string of the molecule is COCCCN1C(=O)C(c2ccc(OCC(C)C)cc2)=C(N(C)CCO)C1=O. The van der Waals surface area contributed by atoms with Crippen molar-refractivity contribution in [1.29, 1.82) is 0 Å². The average Bonchev–Trinajstić information content (AvgIpc) is 2.91. The van der Waals surface area contributed by atoms with Crippen LogP contribution in [0.1, 0.15) is 25.8 Å². The van der Waals surface area contributed by atoms with Crippen LogP contribution >= 0.6 is 0 Å². The minimum Gasteiger partial charge on any atom is -0.493 e. The predicted molar refractivity (Wildman–Crippen MR) is 107 cm³/mol. The Balaban J connectivity index is 2.32. The van der Waals surface area contributed by atoms with E-state index in [9.17, 15) is 14.7 Å². The normalized spacial score (nSPS) is 14.4. The Hall–Kier alpha value is -2.38. The van der Waals surface area contributed by atoms with Gasteiger partial charge in [-0.15, -0.1) is 0 Å². The number of rotatable bonds is 11. The zero-order valence-electron chi connectivity index (χ0n) is 17.1. The fourth-order valence-corrected chi connectivity index (χ4v) is 2.99. The average molecular weight is 390 g/mol. The molecule has 0 atom stereocenters. The molecule has 1 heterocycles.